The van der Waals surface area contributed by atoms with Crippen LogP contribution in [0.15, 0.2) is 18.2 Å². The van der Waals surface area contributed by atoms with Gasteiger partial charge in [0.15, 0.2) is 0 Å². The van der Waals surface area contributed by atoms with Crippen molar-refractivity contribution >= 4 is 16.9 Å². The molecule has 2 aromatic rings. The Morgan fingerprint density at radius 2 is 1.89 bits per heavy atom. The first kappa shape index (κ1) is 19.5. The average molecular weight is 385 g/mol. The maximum atomic E-state index is 12.0. The molecule has 0 saturated carbocycles. The van der Waals surface area contributed by atoms with Crippen molar-refractivity contribution in [3.63, 3.8) is 0 Å². The van der Waals surface area contributed by atoms with Gasteiger partial charge in [-0.15, -0.1) is 0 Å². The van der Waals surface area contributed by atoms with Crippen LogP contribution in [-0.4, -0.2) is 54.4 Å². The standard InChI is InChI=1S/C23H32N2O3/c1-16-14-24(15-17(2)28-16)11-6-12-25-21-8-5-4-7-19(21)20-13-18(23(26)27-3)9-10-22(20)25/h9-10,13,16-17H,4-8,11-12,14-15H2,1-3H3/t16-,17+. The van der Waals surface area contributed by atoms with Gasteiger partial charge in [0.1, 0.15) is 0 Å². The minimum Gasteiger partial charge on any atom is -0.465 e. The molecular formula is C23H32N2O3. The van der Waals surface area contributed by atoms with E-state index in [1.165, 1.54) is 42.1 Å². The molecule has 1 aliphatic carbocycles. The molecule has 152 valence electrons. The smallest absolute Gasteiger partial charge is 0.337 e. The van der Waals surface area contributed by atoms with E-state index in [1.54, 1.807) is 0 Å². The van der Waals surface area contributed by atoms with E-state index < -0.39 is 0 Å². The molecule has 1 saturated heterocycles. The van der Waals surface area contributed by atoms with Gasteiger partial charge in [0.05, 0.1) is 24.9 Å². The first-order valence-electron chi connectivity index (χ1n) is 10.7. The molecule has 1 fully saturated rings. The number of nitrogens with zero attached hydrogens (tertiary/aromatic N) is 2. The zero-order chi connectivity index (χ0) is 19.7. The molecule has 28 heavy (non-hydrogen) atoms. The third-order valence-corrected chi connectivity index (χ3v) is 6.15. The second-order valence-corrected chi connectivity index (χ2v) is 8.38. The highest BCUT2D eigenvalue weighted by Gasteiger charge is 2.23. The van der Waals surface area contributed by atoms with Gasteiger partial charge in [-0.2, -0.15) is 0 Å². The van der Waals surface area contributed by atoms with Crippen molar-refractivity contribution in [1.82, 2.24) is 9.47 Å². The molecule has 0 amide bonds. The summed E-state index contributed by atoms with van der Waals surface area (Å²) in [6.45, 7) is 8.51. The van der Waals surface area contributed by atoms with E-state index in [-0.39, 0.29) is 5.97 Å². The summed E-state index contributed by atoms with van der Waals surface area (Å²) in [5, 5.41) is 1.24. The maximum absolute atomic E-state index is 12.0. The molecule has 5 nitrogen and oxygen atoms in total. The zero-order valence-electron chi connectivity index (χ0n) is 17.4. The lowest BCUT2D eigenvalue weighted by Gasteiger charge is -2.35. The quantitative estimate of drug-likeness (QED) is 0.736. The van der Waals surface area contributed by atoms with Crippen LogP contribution in [-0.2, 0) is 28.9 Å². The number of benzene rings is 1. The highest BCUT2D eigenvalue weighted by molar-refractivity contribution is 5.96. The number of aromatic nitrogens is 1. The number of hydrogen-bond donors (Lipinski definition) is 0. The number of fused-ring (bicyclic) bond motifs is 3. The minimum atomic E-state index is -0.255. The van der Waals surface area contributed by atoms with E-state index >= 15 is 0 Å². The molecule has 0 unspecified atom stereocenters. The summed E-state index contributed by atoms with van der Waals surface area (Å²) >= 11 is 0. The molecule has 0 spiro atoms. The number of carbonyl (C=O) groups excluding carboxylic acids is 1. The summed E-state index contributed by atoms with van der Waals surface area (Å²) in [6, 6.07) is 6.05. The van der Waals surface area contributed by atoms with Gasteiger partial charge >= 0.3 is 5.97 Å². The normalized spacial score (nSPS) is 23.0. The summed E-state index contributed by atoms with van der Waals surface area (Å²) in [5.74, 6) is -0.255. The Bertz CT molecular complexity index is 847. The van der Waals surface area contributed by atoms with Crippen molar-refractivity contribution in [2.45, 2.75) is 64.7 Å². The molecule has 5 heteroatoms. The van der Waals surface area contributed by atoms with E-state index in [0.29, 0.717) is 17.8 Å². The Morgan fingerprint density at radius 3 is 2.64 bits per heavy atom. The average Bonchev–Trinajstić information content (AvgIpc) is 3.00. The Kier molecular flexibility index (Phi) is 5.74. The van der Waals surface area contributed by atoms with Gasteiger partial charge in [0.2, 0.25) is 0 Å². The molecule has 1 aromatic carbocycles. The summed E-state index contributed by atoms with van der Waals surface area (Å²) in [5.41, 5.74) is 4.84. The number of rotatable bonds is 5. The van der Waals surface area contributed by atoms with Crippen LogP contribution < -0.4 is 0 Å². The van der Waals surface area contributed by atoms with Crippen molar-refractivity contribution in [2.24, 2.45) is 0 Å². The van der Waals surface area contributed by atoms with Gasteiger partial charge < -0.3 is 14.0 Å². The third kappa shape index (κ3) is 3.83. The summed E-state index contributed by atoms with van der Waals surface area (Å²) in [4.78, 5) is 14.5. The number of carbonyl (C=O) groups is 1. The molecule has 1 aliphatic heterocycles. The van der Waals surface area contributed by atoms with E-state index in [9.17, 15) is 4.79 Å². The molecule has 2 aliphatic rings. The Labute approximate surface area is 167 Å². The van der Waals surface area contributed by atoms with Crippen LogP contribution in [0.1, 0.15) is 54.7 Å². The second-order valence-electron chi connectivity index (χ2n) is 8.38. The van der Waals surface area contributed by atoms with E-state index in [0.717, 1.165) is 45.4 Å². The van der Waals surface area contributed by atoms with Crippen molar-refractivity contribution in [3.8, 4) is 0 Å². The van der Waals surface area contributed by atoms with E-state index in [1.807, 2.05) is 12.1 Å². The summed E-state index contributed by atoms with van der Waals surface area (Å²) in [6.07, 6.45) is 6.52. The van der Waals surface area contributed by atoms with Crippen molar-refractivity contribution in [1.29, 1.82) is 0 Å². The van der Waals surface area contributed by atoms with Crippen molar-refractivity contribution in [3.05, 3.63) is 35.0 Å². The third-order valence-electron chi connectivity index (χ3n) is 6.15. The molecule has 0 radical (unpaired) electrons. The first-order valence-corrected chi connectivity index (χ1v) is 10.7. The monoisotopic (exact) mass is 384 g/mol. The molecule has 0 N–H and O–H groups in total. The van der Waals surface area contributed by atoms with Gasteiger partial charge in [0.25, 0.3) is 0 Å². The van der Waals surface area contributed by atoms with Gasteiger partial charge in [-0.05, 0) is 69.7 Å². The van der Waals surface area contributed by atoms with Crippen LogP contribution in [0.25, 0.3) is 10.9 Å². The number of hydrogen-bond acceptors (Lipinski definition) is 4. The Balaban J connectivity index is 1.55. The van der Waals surface area contributed by atoms with Gasteiger partial charge in [-0.1, -0.05) is 0 Å². The number of methoxy groups -OCH3 is 1. The molecule has 2 atom stereocenters. The fourth-order valence-electron chi connectivity index (χ4n) is 5.06. The highest BCUT2D eigenvalue weighted by atomic mass is 16.5. The zero-order valence-corrected chi connectivity index (χ0v) is 17.4. The predicted octanol–water partition coefficient (Wildman–Crippen LogP) is 3.81. The van der Waals surface area contributed by atoms with Crippen LogP contribution in [0.3, 0.4) is 0 Å². The Morgan fingerprint density at radius 1 is 1.14 bits per heavy atom. The van der Waals surface area contributed by atoms with Crippen LogP contribution in [0.2, 0.25) is 0 Å². The van der Waals surface area contributed by atoms with Crippen LogP contribution in [0.4, 0.5) is 0 Å². The van der Waals surface area contributed by atoms with Crippen LogP contribution >= 0.6 is 0 Å². The predicted molar refractivity (Wildman–Crippen MR) is 111 cm³/mol. The highest BCUT2D eigenvalue weighted by Crippen LogP contribution is 2.33. The first-order chi connectivity index (χ1) is 13.6. The lowest BCUT2D eigenvalue weighted by molar-refractivity contribution is -0.0682. The molecule has 1 aromatic heterocycles. The van der Waals surface area contributed by atoms with Crippen LogP contribution in [0.5, 0.6) is 0 Å². The van der Waals surface area contributed by atoms with Crippen LogP contribution in [0, 0.1) is 0 Å². The lowest BCUT2D eigenvalue weighted by Crippen LogP contribution is -2.45. The fourth-order valence-corrected chi connectivity index (χ4v) is 5.06. The number of ether oxygens (including phenoxy) is 2. The number of morpholine rings is 1. The maximum Gasteiger partial charge on any atom is 0.337 e. The largest absolute Gasteiger partial charge is 0.465 e. The summed E-state index contributed by atoms with van der Waals surface area (Å²) < 4.78 is 13.3. The fraction of sp³-hybridized carbons (Fsp3) is 0.609. The lowest BCUT2D eigenvalue weighted by atomic mass is 9.95. The molecule has 2 heterocycles. The topological polar surface area (TPSA) is 43.7 Å². The van der Waals surface area contributed by atoms with Gasteiger partial charge in [-0.3, -0.25) is 4.90 Å². The van der Waals surface area contributed by atoms with Crippen molar-refractivity contribution in [2.75, 3.05) is 26.7 Å². The molecular weight excluding hydrogens is 352 g/mol. The van der Waals surface area contributed by atoms with Gasteiger partial charge in [0, 0.05) is 42.8 Å². The Hall–Kier alpha value is -1.85. The number of aryl methyl sites for hydroxylation is 2. The van der Waals surface area contributed by atoms with E-state index in [4.69, 9.17) is 9.47 Å². The molecule has 4 rings (SSSR count). The van der Waals surface area contributed by atoms with Crippen molar-refractivity contribution < 1.29 is 14.3 Å². The summed E-state index contributed by atoms with van der Waals surface area (Å²) in [7, 11) is 1.44. The second kappa shape index (κ2) is 8.26. The van der Waals surface area contributed by atoms with E-state index in [2.05, 4.69) is 29.4 Å². The number of esters is 1. The SMILES string of the molecule is COC(=O)c1ccc2c(c1)c1c(n2CCCN2C[C@@H](C)O[C@@H](C)C2)CCCC1. The minimum absolute atomic E-state index is 0.255. The molecule has 0 bridgehead atoms. The van der Waals surface area contributed by atoms with Gasteiger partial charge in [-0.25, -0.2) is 4.79 Å².